The summed E-state index contributed by atoms with van der Waals surface area (Å²) < 4.78 is 0. The summed E-state index contributed by atoms with van der Waals surface area (Å²) in [6.07, 6.45) is 0. The fourth-order valence-electron chi connectivity index (χ4n) is 1.58. The summed E-state index contributed by atoms with van der Waals surface area (Å²) in [6.45, 7) is 9.96. The third kappa shape index (κ3) is 5.00. The van der Waals surface area contributed by atoms with Gasteiger partial charge in [0.15, 0.2) is 0 Å². The Hall–Kier alpha value is -1.35. The lowest BCUT2D eigenvalue weighted by Gasteiger charge is -2.16. The van der Waals surface area contributed by atoms with Crippen LogP contribution < -0.4 is 0 Å². The SMILES string of the molecule is CCN(CC)CCO/N=C(/C)c1ccccc1. The van der Waals surface area contributed by atoms with Crippen LogP contribution >= 0.6 is 0 Å². The first-order valence-electron chi connectivity index (χ1n) is 6.22. The first-order valence-corrected chi connectivity index (χ1v) is 6.22. The number of hydrogen-bond donors (Lipinski definition) is 0. The lowest BCUT2D eigenvalue weighted by molar-refractivity contribution is 0.114. The number of nitrogens with zero attached hydrogens (tertiary/aromatic N) is 2. The predicted octanol–water partition coefficient (Wildman–Crippen LogP) is 2.77. The minimum Gasteiger partial charge on any atom is -0.394 e. The Bertz CT molecular complexity index is 331. The van der Waals surface area contributed by atoms with Crippen LogP contribution in [-0.4, -0.2) is 36.9 Å². The molecule has 0 saturated heterocycles. The molecule has 0 unspecified atom stereocenters. The maximum atomic E-state index is 5.33. The normalized spacial score (nSPS) is 11.9. The minimum absolute atomic E-state index is 0.645. The van der Waals surface area contributed by atoms with E-state index in [-0.39, 0.29) is 0 Å². The molecule has 94 valence electrons. The van der Waals surface area contributed by atoms with Crippen LogP contribution in [0.15, 0.2) is 35.5 Å². The highest BCUT2D eigenvalue weighted by molar-refractivity contribution is 5.98. The molecule has 0 aliphatic heterocycles. The quantitative estimate of drug-likeness (QED) is 0.412. The van der Waals surface area contributed by atoms with Gasteiger partial charge in [-0.25, -0.2) is 0 Å². The van der Waals surface area contributed by atoms with Gasteiger partial charge in [0.2, 0.25) is 0 Å². The Morgan fingerprint density at radius 3 is 2.41 bits per heavy atom. The van der Waals surface area contributed by atoms with E-state index in [0.717, 1.165) is 30.9 Å². The van der Waals surface area contributed by atoms with Crippen molar-refractivity contribution in [1.29, 1.82) is 0 Å². The van der Waals surface area contributed by atoms with Crippen molar-refractivity contribution in [3.8, 4) is 0 Å². The molecule has 17 heavy (non-hydrogen) atoms. The molecule has 3 nitrogen and oxygen atoms in total. The molecule has 0 radical (unpaired) electrons. The standard InChI is InChI=1S/C14H22N2O/c1-4-16(5-2)11-12-17-15-13(3)14-9-7-6-8-10-14/h6-10H,4-5,11-12H2,1-3H3/b15-13-. The molecular weight excluding hydrogens is 212 g/mol. The van der Waals surface area contributed by atoms with Crippen molar-refractivity contribution in [2.24, 2.45) is 5.16 Å². The zero-order valence-corrected chi connectivity index (χ0v) is 11.0. The molecule has 0 heterocycles. The van der Waals surface area contributed by atoms with E-state index >= 15 is 0 Å². The molecule has 0 fully saturated rings. The van der Waals surface area contributed by atoms with Crippen LogP contribution in [0, 0.1) is 0 Å². The number of likely N-dealkylation sites (N-methyl/N-ethyl adjacent to an activating group) is 1. The molecule has 0 N–H and O–H groups in total. The maximum absolute atomic E-state index is 5.33. The van der Waals surface area contributed by atoms with Crippen LogP contribution in [0.25, 0.3) is 0 Å². The van der Waals surface area contributed by atoms with E-state index < -0.39 is 0 Å². The van der Waals surface area contributed by atoms with Crippen molar-refractivity contribution in [1.82, 2.24) is 4.90 Å². The Labute approximate surface area is 104 Å². The smallest absolute Gasteiger partial charge is 0.129 e. The Morgan fingerprint density at radius 2 is 1.82 bits per heavy atom. The second kappa shape index (κ2) is 7.85. The van der Waals surface area contributed by atoms with E-state index in [1.807, 2.05) is 37.3 Å². The van der Waals surface area contributed by atoms with Gasteiger partial charge in [0, 0.05) is 6.54 Å². The molecule has 0 amide bonds. The average molecular weight is 234 g/mol. The Morgan fingerprint density at radius 1 is 1.18 bits per heavy atom. The van der Waals surface area contributed by atoms with Gasteiger partial charge in [0.05, 0.1) is 5.71 Å². The van der Waals surface area contributed by atoms with Gasteiger partial charge in [-0.15, -0.1) is 0 Å². The van der Waals surface area contributed by atoms with E-state index in [9.17, 15) is 0 Å². The monoisotopic (exact) mass is 234 g/mol. The van der Waals surface area contributed by atoms with Crippen molar-refractivity contribution < 1.29 is 4.84 Å². The van der Waals surface area contributed by atoms with Crippen molar-refractivity contribution in [2.75, 3.05) is 26.2 Å². The summed E-state index contributed by atoms with van der Waals surface area (Å²) >= 11 is 0. The lowest BCUT2D eigenvalue weighted by Crippen LogP contribution is -2.26. The first kappa shape index (κ1) is 13.7. The van der Waals surface area contributed by atoms with Crippen molar-refractivity contribution >= 4 is 5.71 Å². The van der Waals surface area contributed by atoms with Crippen LogP contribution in [0.4, 0.5) is 0 Å². The van der Waals surface area contributed by atoms with Crippen molar-refractivity contribution in [3.63, 3.8) is 0 Å². The number of oxime groups is 1. The topological polar surface area (TPSA) is 24.8 Å². The van der Waals surface area contributed by atoms with E-state index in [1.54, 1.807) is 0 Å². The molecule has 0 aromatic heterocycles. The van der Waals surface area contributed by atoms with Crippen LogP contribution in [0.3, 0.4) is 0 Å². The van der Waals surface area contributed by atoms with Gasteiger partial charge in [-0.05, 0) is 25.6 Å². The first-order chi connectivity index (χ1) is 8.27. The molecule has 1 aromatic carbocycles. The molecule has 1 rings (SSSR count). The van der Waals surface area contributed by atoms with Gasteiger partial charge >= 0.3 is 0 Å². The molecule has 0 spiro atoms. The number of hydrogen-bond acceptors (Lipinski definition) is 3. The highest BCUT2D eigenvalue weighted by Gasteiger charge is 1.99. The summed E-state index contributed by atoms with van der Waals surface area (Å²) in [5.74, 6) is 0. The van der Waals surface area contributed by atoms with E-state index in [2.05, 4.69) is 23.9 Å². The van der Waals surface area contributed by atoms with Gasteiger partial charge in [-0.2, -0.15) is 0 Å². The highest BCUT2D eigenvalue weighted by atomic mass is 16.6. The van der Waals surface area contributed by atoms with Crippen molar-refractivity contribution in [3.05, 3.63) is 35.9 Å². The highest BCUT2D eigenvalue weighted by Crippen LogP contribution is 2.01. The molecule has 3 heteroatoms. The molecule has 0 aliphatic carbocycles. The number of rotatable bonds is 7. The van der Waals surface area contributed by atoms with E-state index in [4.69, 9.17) is 4.84 Å². The van der Waals surface area contributed by atoms with Gasteiger partial charge in [0.25, 0.3) is 0 Å². The van der Waals surface area contributed by atoms with Crippen LogP contribution in [0.5, 0.6) is 0 Å². The molecule has 0 saturated carbocycles. The summed E-state index contributed by atoms with van der Waals surface area (Å²) in [4.78, 5) is 7.64. The van der Waals surface area contributed by atoms with Crippen molar-refractivity contribution in [2.45, 2.75) is 20.8 Å². The fraction of sp³-hybridized carbons (Fsp3) is 0.500. The Balaban J connectivity index is 2.34. The summed E-state index contributed by atoms with van der Waals surface area (Å²) in [7, 11) is 0. The van der Waals surface area contributed by atoms with Gasteiger partial charge < -0.3 is 9.74 Å². The zero-order chi connectivity index (χ0) is 12.5. The zero-order valence-electron chi connectivity index (χ0n) is 11.0. The molecule has 0 atom stereocenters. The average Bonchev–Trinajstić information content (AvgIpc) is 2.40. The number of benzene rings is 1. The largest absolute Gasteiger partial charge is 0.394 e. The fourth-order valence-corrected chi connectivity index (χ4v) is 1.58. The lowest BCUT2D eigenvalue weighted by atomic mass is 10.1. The van der Waals surface area contributed by atoms with Gasteiger partial charge in [-0.3, -0.25) is 0 Å². The third-order valence-electron chi connectivity index (χ3n) is 2.79. The van der Waals surface area contributed by atoms with Gasteiger partial charge in [-0.1, -0.05) is 49.3 Å². The van der Waals surface area contributed by atoms with Gasteiger partial charge in [0.1, 0.15) is 6.61 Å². The summed E-state index contributed by atoms with van der Waals surface area (Å²) in [5.41, 5.74) is 2.03. The molecule has 0 bridgehead atoms. The maximum Gasteiger partial charge on any atom is 0.129 e. The van der Waals surface area contributed by atoms with Crippen LogP contribution in [0.1, 0.15) is 26.3 Å². The van der Waals surface area contributed by atoms with E-state index in [1.165, 1.54) is 0 Å². The summed E-state index contributed by atoms with van der Waals surface area (Å²) in [5, 5.41) is 4.12. The van der Waals surface area contributed by atoms with Crippen LogP contribution in [-0.2, 0) is 4.84 Å². The molecular formula is C14H22N2O. The third-order valence-corrected chi connectivity index (χ3v) is 2.79. The second-order valence-electron chi connectivity index (χ2n) is 3.90. The second-order valence-corrected chi connectivity index (χ2v) is 3.90. The minimum atomic E-state index is 0.645. The van der Waals surface area contributed by atoms with E-state index in [0.29, 0.717) is 6.61 Å². The molecule has 0 aliphatic rings. The summed E-state index contributed by atoms with van der Waals surface area (Å²) in [6, 6.07) is 10.1. The Kier molecular flexibility index (Phi) is 6.33. The molecule has 1 aromatic rings. The van der Waals surface area contributed by atoms with Crippen LogP contribution in [0.2, 0.25) is 0 Å². The predicted molar refractivity (Wildman–Crippen MR) is 72.4 cm³/mol.